The van der Waals surface area contributed by atoms with Crippen molar-refractivity contribution >= 4 is 33.7 Å². The van der Waals surface area contributed by atoms with E-state index in [2.05, 4.69) is 30.1 Å². The number of nitrogens with one attached hydrogen (secondary N) is 1. The highest BCUT2D eigenvalue weighted by atomic mass is 32.2. The number of aromatic amines is 1. The highest BCUT2D eigenvalue weighted by Gasteiger charge is 2.32. The summed E-state index contributed by atoms with van der Waals surface area (Å²) in [5.41, 5.74) is 1.72. The van der Waals surface area contributed by atoms with Crippen LogP contribution >= 0.6 is 11.8 Å². The van der Waals surface area contributed by atoms with Crippen molar-refractivity contribution in [3.8, 4) is 0 Å². The van der Waals surface area contributed by atoms with Crippen LogP contribution in [0, 0.1) is 0 Å². The molecule has 1 aromatic carbocycles. The quantitative estimate of drug-likeness (QED) is 0.357. The van der Waals surface area contributed by atoms with Crippen molar-refractivity contribution in [2.24, 2.45) is 0 Å². The van der Waals surface area contributed by atoms with E-state index in [9.17, 15) is 9.59 Å². The molecule has 7 nitrogen and oxygen atoms in total. The van der Waals surface area contributed by atoms with E-state index in [0.717, 1.165) is 54.5 Å². The summed E-state index contributed by atoms with van der Waals surface area (Å²) < 4.78 is 1.67. The first-order valence-corrected chi connectivity index (χ1v) is 12.0. The maximum Gasteiger partial charge on any atom is 0.330 e. The van der Waals surface area contributed by atoms with Crippen LogP contribution in [0.3, 0.4) is 0 Å². The molecule has 0 radical (unpaired) electrons. The van der Waals surface area contributed by atoms with Gasteiger partial charge in [0.05, 0.1) is 5.52 Å². The highest BCUT2D eigenvalue weighted by molar-refractivity contribution is 8.00. The van der Waals surface area contributed by atoms with Gasteiger partial charge in [0.15, 0.2) is 5.65 Å². The fourth-order valence-corrected chi connectivity index (χ4v) is 5.25. The largest absolute Gasteiger partial charge is 0.330 e. The Morgan fingerprint density at radius 1 is 1.06 bits per heavy atom. The monoisotopic (exact) mass is 445 g/mol. The first-order valence-electron chi connectivity index (χ1n) is 11.1. The minimum absolute atomic E-state index is 0.126. The first-order chi connectivity index (χ1) is 15.6. The molecule has 32 heavy (non-hydrogen) atoms. The third-order valence-electron chi connectivity index (χ3n) is 6.09. The molecule has 0 saturated heterocycles. The lowest BCUT2D eigenvalue weighted by Crippen LogP contribution is -2.31. The summed E-state index contributed by atoms with van der Waals surface area (Å²) in [4.78, 5) is 42.2. The Bertz CT molecular complexity index is 1470. The van der Waals surface area contributed by atoms with Crippen LogP contribution in [0.15, 0.2) is 51.0 Å². The normalized spacial score (nSPS) is 17.2. The number of rotatable bonds is 6. The first kappa shape index (κ1) is 19.7. The molecule has 3 heterocycles. The lowest BCUT2D eigenvalue weighted by atomic mass is 10.1. The molecule has 2 aliphatic carbocycles. The Labute approximate surface area is 188 Å². The van der Waals surface area contributed by atoms with Crippen LogP contribution in [-0.2, 0) is 6.42 Å². The molecule has 0 amide bonds. The lowest BCUT2D eigenvalue weighted by Gasteiger charge is -2.15. The molecule has 8 heteroatoms. The number of pyridine rings is 1. The summed E-state index contributed by atoms with van der Waals surface area (Å²) in [6.45, 7) is 2.12. The molecule has 2 fully saturated rings. The van der Waals surface area contributed by atoms with Gasteiger partial charge in [-0.25, -0.2) is 14.8 Å². The average molecular weight is 446 g/mol. The Balaban J connectivity index is 1.39. The number of nitrogens with zero attached hydrogens (tertiary/aromatic N) is 4. The number of thioether (sulfide) groups is 1. The van der Waals surface area contributed by atoms with Crippen molar-refractivity contribution in [3.63, 3.8) is 0 Å². The molecule has 0 bridgehead atoms. The molecule has 162 valence electrons. The summed E-state index contributed by atoms with van der Waals surface area (Å²) in [6.07, 6.45) is 4.75. The van der Waals surface area contributed by atoms with E-state index in [1.165, 1.54) is 0 Å². The van der Waals surface area contributed by atoms with E-state index in [1.54, 1.807) is 16.3 Å². The Hall–Kier alpha value is -3.00. The summed E-state index contributed by atoms with van der Waals surface area (Å²) in [5.74, 6) is 1.09. The van der Waals surface area contributed by atoms with Crippen molar-refractivity contribution in [3.05, 3.63) is 68.8 Å². The third kappa shape index (κ3) is 3.62. The molecular formula is C24H23N5O2S. The Kier molecular flexibility index (Phi) is 4.64. The number of hydrogen-bond acceptors (Lipinski definition) is 6. The fourth-order valence-electron chi connectivity index (χ4n) is 4.16. The van der Waals surface area contributed by atoms with Crippen molar-refractivity contribution in [1.82, 2.24) is 24.5 Å². The molecule has 6 rings (SSSR count). The SMILES string of the molecule is CC(Cc1ccc2ccccc2n1)Sc1nc(C2CC2)nc2c1c(=O)[nH]c(=O)n2C1CC1. The second-order valence-electron chi connectivity index (χ2n) is 8.85. The van der Waals surface area contributed by atoms with Gasteiger partial charge in [-0.2, -0.15) is 0 Å². The molecule has 1 unspecified atom stereocenters. The molecular weight excluding hydrogens is 422 g/mol. The number of aromatic nitrogens is 5. The van der Waals surface area contributed by atoms with Crippen LogP contribution in [0.1, 0.15) is 56.1 Å². The number of hydrogen-bond donors (Lipinski definition) is 1. The highest BCUT2D eigenvalue weighted by Crippen LogP contribution is 2.41. The Morgan fingerprint density at radius 2 is 1.88 bits per heavy atom. The maximum atomic E-state index is 12.8. The Morgan fingerprint density at radius 3 is 2.66 bits per heavy atom. The van der Waals surface area contributed by atoms with Gasteiger partial charge < -0.3 is 0 Å². The second kappa shape index (κ2) is 7.55. The number of benzene rings is 1. The van der Waals surface area contributed by atoms with E-state index >= 15 is 0 Å². The van der Waals surface area contributed by atoms with Crippen LogP contribution in [-0.4, -0.2) is 29.8 Å². The van der Waals surface area contributed by atoms with Crippen LogP contribution < -0.4 is 11.2 Å². The molecule has 1 N–H and O–H groups in total. The standard InChI is InChI=1S/C24H23N5O2S/c1-13(12-16-9-8-14-4-2-3-5-18(14)25-16)32-23-19-21(26-20(27-23)15-6-7-15)29(17-10-11-17)24(31)28-22(19)30/h2-5,8-9,13,15,17H,6-7,10-12H2,1H3,(H,28,30,31). The number of fused-ring (bicyclic) bond motifs is 2. The van der Waals surface area contributed by atoms with Crippen molar-refractivity contribution < 1.29 is 0 Å². The van der Waals surface area contributed by atoms with Crippen molar-refractivity contribution in [1.29, 1.82) is 0 Å². The zero-order valence-corrected chi connectivity index (χ0v) is 18.6. The number of para-hydroxylation sites is 1. The minimum atomic E-state index is -0.400. The number of H-pyrrole nitrogens is 1. The molecule has 3 aromatic heterocycles. The topological polar surface area (TPSA) is 93.5 Å². The van der Waals surface area contributed by atoms with E-state index < -0.39 is 5.56 Å². The summed E-state index contributed by atoms with van der Waals surface area (Å²) >= 11 is 1.57. The molecule has 2 aliphatic rings. The van der Waals surface area contributed by atoms with Gasteiger partial charge in [0.2, 0.25) is 0 Å². The van der Waals surface area contributed by atoms with Crippen molar-refractivity contribution in [2.45, 2.75) is 61.3 Å². The van der Waals surface area contributed by atoms with Crippen LogP contribution in [0.4, 0.5) is 0 Å². The van der Waals surface area contributed by atoms with E-state index in [0.29, 0.717) is 22.0 Å². The minimum Gasteiger partial charge on any atom is -0.274 e. The van der Waals surface area contributed by atoms with Gasteiger partial charge in [-0.15, -0.1) is 11.8 Å². The molecule has 1 atom stereocenters. The second-order valence-corrected chi connectivity index (χ2v) is 10.3. The molecule has 0 spiro atoms. The molecule has 4 aromatic rings. The molecule has 2 saturated carbocycles. The van der Waals surface area contributed by atoms with Crippen molar-refractivity contribution in [2.75, 3.05) is 0 Å². The van der Waals surface area contributed by atoms with Gasteiger partial charge in [-0.3, -0.25) is 19.3 Å². The van der Waals surface area contributed by atoms with Gasteiger partial charge in [0.25, 0.3) is 5.56 Å². The zero-order chi connectivity index (χ0) is 21.8. The van der Waals surface area contributed by atoms with Gasteiger partial charge in [-0.1, -0.05) is 31.2 Å². The van der Waals surface area contributed by atoms with Gasteiger partial charge in [0, 0.05) is 34.7 Å². The maximum absolute atomic E-state index is 12.8. The fraction of sp³-hybridized carbons (Fsp3) is 0.375. The zero-order valence-electron chi connectivity index (χ0n) is 17.7. The van der Waals surface area contributed by atoms with Gasteiger partial charge >= 0.3 is 5.69 Å². The molecule has 0 aliphatic heterocycles. The average Bonchev–Trinajstić information content (AvgIpc) is 3.67. The summed E-state index contributed by atoms with van der Waals surface area (Å²) in [6, 6.07) is 12.4. The van der Waals surface area contributed by atoms with Crippen LogP contribution in [0.25, 0.3) is 21.9 Å². The summed E-state index contributed by atoms with van der Waals surface area (Å²) in [5, 5.41) is 2.37. The van der Waals surface area contributed by atoms with Gasteiger partial charge in [-0.05, 0) is 37.8 Å². The van der Waals surface area contributed by atoms with E-state index in [1.807, 2.05) is 18.2 Å². The predicted molar refractivity (Wildman–Crippen MR) is 125 cm³/mol. The lowest BCUT2D eigenvalue weighted by molar-refractivity contribution is 0.691. The smallest absolute Gasteiger partial charge is 0.274 e. The van der Waals surface area contributed by atoms with E-state index in [-0.39, 0.29) is 17.0 Å². The van der Waals surface area contributed by atoms with Gasteiger partial charge in [0.1, 0.15) is 16.2 Å². The third-order valence-corrected chi connectivity index (χ3v) is 7.18. The predicted octanol–water partition coefficient (Wildman–Crippen LogP) is 3.96. The van der Waals surface area contributed by atoms with Crippen LogP contribution in [0.5, 0.6) is 0 Å². The summed E-state index contributed by atoms with van der Waals surface area (Å²) in [7, 11) is 0. The van der Waals surface area contributed by atoms with Crippen LogP contribution in [0.2, 0.25) is 0 Å². The van der Waals surface area contributed by atoms with E-state index in [4.69, 9.17) is 15.0 Å².